The van der Waals surface area contributed by atoms with Crippen LogP contribution in [0.2, 0.25) is 0 Å². The third kappa shape index (κ3) is 2.98. The Morgan fingerprint density at radius 3 is 2.67 bits per heavy atom. The zero-order chi connectivity index (χ0) is 12.8. The maximum atomic E-state index is 8.59. The number of hydrogen-bond acceptors (Lipinski definition) is 4. The summed E-state index contributed by atoms with van der Waals surface area (Å²) in [7, 11) is 1.81. The number of hydrogen-bond donors (Lipinski definition) is 1. The Balaban J connectivity index is 2.11. The number of nitriles is 1. The molecule has 0 saturated heterocycles. The normalized spacial score (nSPS) is 9.56. The van der Waals surface area contributed by atoms with Crippen molar-refractivity contribution >= 4 is 5.82 Å². The number of anilines is 1. The van der Waals surface area contributed by atoms with E-state index in [-0.39, 0.29) is 0 Å². The van der Waals surface area contributed by atoms with Gasteiger partial charge in [-0.15, -0.1) is 0 Å². The molecule has 4 nitrogen and oxygen atoms in total. The van der Waals surface area contributed by atoms with Gasteiger partial charge in [-0.1, -0.05) is 12.1 Å². The van der Waals surface area contributed by atoms with Gasteiger partial charge >= 0.3 is 0 Å². The van der Waals surface area contributed by atoms with Crippen molar-refractivity contribution in [3.63, 3.8) is 0 Å². The Hall–Kier alpha value is -2.54. The van der Waals surface area contributed by atoms with Crippen molar-refractivity contribution in [1.82, 2.24) is 4.98 Å². The van der Waals surface area contributed by atoms with E-state index in [4.69, 9.17) is 10.00 Å². The standard InChI is InChI=1S/C14H13N3O/c1-16-14-10-13(7-9-17-14)18-12-4-2-11(3-5-12)6-8-15/h2-5,7,9-10H,6H2,1H3,(H,16,17). The first kappa shape index (κ1) is 11.9. The lowest BCUT2D eigenvalue weighted by atomic mass is 10.2. The molecule has 0 fully saturated rings. The fraction of sp³-hybridized carbons (Fsp3) is 0.143. The summed E-state index contributed by atoms with van der Waals surface area (Å²) >= 11 is 0. The maximum Gasteiger partial charge on any atom is 0.132 e. The summed E-state index contributed by atoms with van der Waals surface area (Å²) in [5.74, 6) is 2.22. The smallest absolute Gasteiger partial charge is 0.132 e. The van der Waals surface area contributed by atoms with Crippen LogP contribution in [0.25, 0.3) is 0 Å². The lowest BCUT2D eigenvalue weighted by Crippen LogP contribution is -1.92. The van der Waals surface area contributed by atoms with Gasteiger partial charge in [-0.2, -0.15) is 5.26 Å². The zero-order valence-corrected chi connectivity index (χ0v) is 10.1. The first-order valence-corrected chi connectivity index (χ1v) is 5.59. The number of benzene rings is 1. The predicted molar refractivity (Wildman–Crippen MR) is 69.6 cm³/mol. The highest BCUT2D eigenvalue weighted by atomic mass is 16.5. The molecule has 18 heavy (non-hydrogen) atoms. The van der Waals surface area contributed by atoms with Gasteiger partial charge in [0.2, 0.25) is 0 Å². The highest BCUT2D eigenvalue weighted by molar-refractivity contribution is 5.42. The van der Waals surface area contributed by atoms with Gasteiger partial charge in [-0.25, -0.2) is 4.98 Å². The lowest BCUT2D eigenvalue weighted by molar-refractivity contribution is 0.482. The summed E-state index contributed by atoms with van der Waals surface area (Å²) in [5, 5.41) is 11.5. The molecule has 4 heteroatoms. The van der Waals surface area contributed by atoms with Gasteiger partial charge in [0.05, 0.1) is 12.5 Å². The Labute approximate surface area is 106 Å². The highest BCUT2D eigenvalue weighted by Crippen LogP contribution is 2.23. The van der Waals surface area contributed by atoms with Crippen molar-refractivity contribution in [1.29, 1.82) is 5.26 Å². The molecular formula is C14H13N3O. The molecule has 1 aromatic heterocycles. The van der Waals surface area contributed by atoms with E-state index in [1.165, 1.54) is 0 Å². The van der Waals surface area contributed by atoms with Gasteiger partial charge < -0.3 is 10.1 Å². The fourth-order valence-corrected chi connectivity index (χ4v) is 1.51. The summed E-state index contributed by atoms with van der Waals surface area (Å²) in [5.41, 5.74) is 0.982. The lowest BCUT2D eigenvalue weighted by Gasteiger charge is -2.07. The molecule has 0 saturated carbocycles. The number of ether oxygens (including phenoxy) is 1. The van der Waals surface area contributed by atoms with E-state index in [1.54, 1.807) is 12.3 Å². The quantitative estimate of drug-likeness (QED) is 0.891. The first-order chi connectivity index (χ1) is 8.81. The average molecular weight is 239 g/mol. The number of rotatable bonds is 4. The highest BCUT2D eigenvalue weighted by Gasteiger charge is 1.99. The minimum atomic E-state index is 0.416. The van der Waals surface area contributed by atoms with E-state index in [0.717, 1.165) is 22.9 Å². The van der Waals surface area contributed by atoms with Crippen LogP contribution in [0.15, 0.2) is 42.6 Å². The average Bonchev–Trinajstić information content (AvgIpc) is 2.42. The molecule has 90 valence electrons. The summed E-state index contributed by atoms with van der Waals surface area (Å²) in [6.07, 6.45) is 2.10. The molecule has 0 unspecified atom stereocenters. The summed E-state index contributed by atoms with van der Waals surface area (Å²) in [6, 6.07) is 13.2. The number of pyridine rings is 1. The van der Waals surface area contributed by atoms with Gasteiger partial charge in [-0.3, -0.25) is 0 Å². The summed E-state index contributed by atoms with van der Waals surface area (Å²) < 4.78 is 5.69. The van der Waals surface area contributed by atoms with Crippen LogP contribution < -0.4 is 10.1 Å². The summed E-state index contributed by atoms with van der Waals surface area (Å²) in [4.78, 5) is 4.11. The maximum absolute atomic E-state index is 8.59. The van der Waals surface area contributed by atoms with Crippen LogP contribution in [-0.2, 0) is 6.42 Å². The molecule has 0 radical (unpaired) electrons. The molecule has 0 aliphatic heterocycles. The molecule has 1 N–H and O–H groups in total. The van der Waals surface area contributed by atoms with E-state index >= 15 is 0 Å². The predicted octanol–water partition coefficient (Wildman–Crippen LogP) is 2.98. The first-order valence-electron chi connectivity index (χ1n) is 5.59. The van der Waals surface area contributed by atoms with E-state index < -0.39 is 0 Å². The number of aromatic nitrogens is 1. The van der Waals surface area contributed by atoms with E-state index in [2.05, 4.69) is 16.4 Å². The zero-order valence-electron chi connectivity index (χ0n) is 10.1. The van der Waals surface area contributed by atoms with Crippen molar-refractivity contribution in [2.45, 2.75) is 6.42 Å². The molecule has 0 bridgehead atoms. The van der Waals surface area contributed by atoms with Crippen molar-refractivity contribution in [3.05, 3.63) is 48.2 Å². The van der Waals surface area contributed by atoms with Crippen LogP contribution in [0.3, 0.4) is 0 Å². The SMILES string of the molecule is CNc1cc(Oc2ccc(CC#N)cc2)ccn1. The third-order valence-electron chi connectivity index (χ3n) is 2.43. The van der Waals surface area contributed by atoms with Gasteiger partial charge in [0.1, 0.15) is 17.3 Å². The van der Waals surface area contributed by atoms with E-state index in [1.807, 2.05) is 37.4 Å². The second-order valence-electron chi connectivity index (χ2n) is 3.71. The van der Waals surface area contributed by atoms with E-state index in [0.29, 0.717) is 6.42 Å². The van der Waals surface area contributed by atoms with Crippen molar-refractivity contribution in [3.8, 4) is 17.6 Å². The second-order valence-corrected chi connectivity index (χ2v) is 3.71. The van der Waals surface area contributed by atoms with Gasteiger partial charge in [0.25, 0.3) is 0 Å². The van der Waals surface area contributed by atoms with Crippen LogP contribution in [0.1, 0.15) is 5.56 Å². The Morgan fingerprint density at radius 1 is 1.22 bits per heavy atom. The molecule has 1 aromatic carbocycles. The van der Waals surface area contributed by atoms with Crippen LogP contribution in [0.5, 0.6) is 11.5 Å². The van der Waals surface area contributed by atoms with Crippen LogP contribution in [0, 0.1) is 11.3 Å². The topological polar surface area (TPSA) is 57.9 Å². The molecule has 0 amide bonds. The molecule has 2 aromatic rings. The summed E-state index contributed by atoms with van der Waals surface area (Å²) in [6.45, 7) is 0. The van der Waals surface area contributed by atoms with Crippen LogP contribution in [0.4, 0.5) is 5.82 Å². The molecule has 0 spiro atoms. The molecule has 0 aliphatic rings. The number of nitrogens with zero attached hydrogens (tertiary/aromatic N) is 2. The van der Waals surface area contributed by atoms with Crippen LogP contribution >= 0.6 is 0 Å². The molecule has 1 heterocycles. The van der Waals surface area contributed by atoms with Gasteiger partial charge in [0, 0.05) is 19.3 Å². The molecule has 0 atom stereocenters. The Kier molecular flexibility index (Phi) is 3.77. The minimum Gasteiger partial charge on any atom is -0.457 e. The van der Waals surface area contributed by atoms with Crippen LogP contribution in [-0.4, -0.2) is 12.0 Å². The number of nitrogens with one attached hydrogen (secondary N) is 1. The van der Waals surface area contributed by atoms with Gasteiger partial charge in [0.15, 0.2) is 0 Å². The minimum absolute atomic E-state index is 0.416. The van der Waals surface area contributed by atoms with Crippen molar-refractivity contribution in [2.24, 2.45) is 0 Å². The Morgan fingerprint density at radius 2 is 2.00 bits per heavy atom. The van der Waals surface area contributed by atoms with Gasteiger partial charge in [-0.05, 0) is 23.8 Å². The van der Waals surface area contributed by atoms with E-state index in [9.17, 15) is 0 Å². The third-order valence-corrected chi connectivity index (χ3v) is 2.43. The molecular weight excluding hydrogens is 226 g/mol. The molecule has 2 rings (SSSR count). The van der Waals surface area contributed by atoms with Crippen molar-refractivity contribution in [2.75, 3.05) is 12.4 Å². The monoisotopic (exact) mass is 239 g/mol. The fourth-order valence-electron chi connectivity index (χ4n) is 1.51. The second kappa shape index (κ2) is 5.69. The largest absolute Gasteiger partial charge is 0.457 e. The molecule has 0 aliphatic carbocycles. The Bertz CT molecular complexity index is 558. The van der Waals surface area contributed by atoms with Crippen molar-refractivity contribution < 1.29 is 4.74 Å².